The standard InChI is InChI=1S/C32H55NO12S/c1-8-31(5,27(36)33-21-45-46(39,40)25-12-10-22(2)11-13-25)20-32(6,29(38)42-15-9-14-34)17-23(26(35)41-7)16-30(3,4)28(37)44-19-24-18-43-24/h22-25,34H,8-21H2,1-7H3,(H,33,36). The molecule has 2 N–H and O–H groups in total. The van der Waals surface area contributed by atoms with Gasteiger partial charge < -0.3 is 29.4 Å². The Morgan fingerprint density at radius 2 is 1.61 bits per heavy atom. The molecule has 1 amide bonds. The Hall–Kier alpha value is -2.29. The second-order valence-corrected chi connectivity index (χ2v) is 16.0. The van der Waals surface area contributed by atoms with Crippen molar-refractivity contribution < 1.29 is 55.8 Å². The third-order valence-corrected chi connectivity index (χ3v) is 11.0. The molecule has 0 bridgehead atoms. The number of hydrogen-bond acceptors (Lipinski definition) is 12. The van der Waals surface area contributed by atoms with Crippen LogP contribution in [0.4, 0.5) is 0 Å². The van der Waals surface area contributed by atoms with Gasteiger partial charge in [0.05, 0.1) is 42.3 Å². The van der Waals surface area contributed by atoms with E-state index in [1.54, 1.807) is 34.6 Å². The molecule has 0 aromatic heterocycles. The second kappa shape index (κ2) is 17.2. The van der Waals surface area contributed by atoms with Crippen molar-refractivity contribution >= 4 is 33.9 Å². The second-order valence-electron chi connectivity index (χ2n) is 14.1. The minimum absolute atomic E-state index is 0.00970. The molecule has 0 aromatic carbocycles. The van der Waals surface area contributed by atoms with E-state index in [1.165, 1.54) is 7.11 Å². The third kappa shape index (κ3) is 11.7. The Morgan fingerprint density at radius 3 is 2.15 bits per heavy atom. The summed E-state index contributed by atoms with van der Waals surface area (Å²) >= 11 is 0. The fourth-order valence-corrected chi connectivity index (χ4v) is 7.31. The number of rotatable bonds is 20. The molecule has 1 saturated carbocycles. The smallest absolute Gasteiger partial charge is 0.311 e. The zero-order valence-electron chi connectivity index (χ0n) is 28.6. The summed E-state index contributed by atoms with van der Waals surface area (Å²) in [6.45, 7) is 10.2. The van der Waals surface area contributed by atoms with Crippen molar-refractivity contribution in [2.45, 2.75) is 111 Å². The van der Waals surface area contributed by atoms with Gasteiger partial charge in [-0.05, 0) is 78.1 Å². The Balaban J connectivity index is 2.23. The van der Waals surface area contributed by atoms with Gasteiger partial charge in [-0.25, -0.2) is 4.18 Å². The van der Waals surface area contributed by atoms with Gasteiger partial charge in [-0.2, -0.15) is 8.42 Å². The van der Waals surface area contributed by atoms with E-state index in [1.807, 2.05) is 0 Å². The zero-order valence-corrected chi connectivity index (χ0v) is 29.4. The van der Waals surface area contributed by atoms with Crippen LogP contribution in [0.3, 0.4) is 0 Å². The van der Waals surface area contributed by atoms with Crippen molar-refractivity contribution in [1.82, 2.24) is 5.32 Å². The molecule has 266 valence electrons. The lowest BCUT2D eigenvalue weighted by molar-refractivity contribution is -0.163. The van der Waals surface area contributed by atoms with E-state index in [0.29, 0.717) is 25.4 Å². The lowest BCUT2D eigenvalue weighted by Gasteiger charge is -2.39. The number of hydrogen-bond donors (Lipinski definition) is 2. The van der Waals surface area contributed by atoms with Crippen LogP contribution in [0.1, 0.15) is 99.3 Å². The van der Waals surface area contributed by atoms with Crippen molar-refractivity contribution in [2.24, 2.45) is 28.1 Å². The first kappa shape index (κ1) is 39.9. The monoisotopic (exact) mass is 677 g/mol. The molecular formula is C32H55NO12S. The Labute approximate surface area is 273 Å². The largest absolute Gasteiger partial charge is 0.469 e. The molecule has 1 aliphatic heterocycles. The van der Waals surface area contributed by atoms with Gasteiger partial charge in [-0.15, -0.1) is 0 Å². The lowest BCUT2D eigenvalue weighted by atomic mass is 9.66. The first-order chi connectivity index (χ1) is 21.4. The van der Waals surface area contributed by atoms with Crippen molar-refractivity contribution in [3.63, 3.8) is 0 Å². The number of amides is 1. The Bertz CT molecular complexity index is 1150. The fourth-order valence-electron chi connectivity index (χ4n) is 6.04. The maximum Gasteiger partial charge on any atom is 0.311 e. The van der Waals surface area contributed by atoms with Gasteiger partial charge in [-0.1, -0.05) is 20.8 Å². The molecule has 0 radical (unpaired) electrons. The molecule has 14 heteroatoms. The summed E-state index contributed by atoms with van der Waals surface area (Å²) in [5.41, 5.74) is -3.76. The summed E-state index contributed by atoms with van der Waals surface area (Å²) < 4.78 is 51.7. The zero-order chi connectivity index (χ0) is 34.8. The number of carbonyl (C=O) groups is 4. The maximum atomic E-state index is 13.6. The number of methoxy groups -OCH3 is 1. The maximum absolute atomic E-state index is 13.6. The molecule has 1 saturated heterocycles. The molecular weight excluding hydrogens is 622 g/mol. The highest BCUT2D eigenvalue weighted by atomic mass is 32.2. The Kier molecular flexibility index (Phi) is 14.9. The molecule has 13 nitrogen and oxygen atoms in total. The number of aliphatic hydroxyl groups is 1. The fraction of sp³-hybridized carbons (Fsp3) is 0.875. The number of carbonyl (C=O) groups excluding carboxylic acids is 4. The van der Waals surface area contributed by atoms with Gasteiger partial charge in [0.15, 0.2) is 0 Å². The van der Waals surface area contributed by atoms with E-state index in [4.69, 9.17) is 23.1 Å². The van der Waals surface area contributed by atoms with E-state index in [9.17, 15) is 32.7 Å². The van der Waals surface area contributed by atoms with Crippen LogP contribution < -0.4 is 5.32 Å². The van der Waals surface area contributed by atoms with Gasteiger partial charge in [0, 0.05) is 18.4 Å². The van der Waals surface area contributed by atoms with Gasteiger partial charge in [0.25, 0.3) is 10.1 Å². The quantitative estimate of drug-likeness (QED) is 0.0480. The molecule has 2 fully saturated rings. The number of ether oxygens (including phenoxy) is 4. The molecule has 0 aromatic rings. The van der Waals surface area contributed by atoms with E-state index < -0.39 is 68.1 Å². The number of aliphatic hydroxyl groups excluding tert-OH is 1. The van der Waals surface area contributed by atoms with Crippen LogP contribution in [0.5, 0.6) is 0 Å². The van der Waals surface area contributed by atoms with E-state index in [2.05, 4.69) is 12.2 Å². The van der Waals surface area contributed by atoms with Crippen LogP contribution in [-0.4, -0.2) is 89.0 Å². The first-order valence-corrected chi connectivity index (χ1v) is 17.7. The number of epoxide rings is 1. The van der Waals surface area contributed by atoms with Crippen molar-refractivity contribution in [3.05, 3.63) is 0 Å². The highest BCUT2D eigenvalue weighted by Crippen LogP contribution is 2.44. The molecule has 46 heavy (non-hydrogen) atoms. The van der Waals surface area contributed by atoms with Crippen molar-refractivity contribution in [1.29, 1.82) is 0 Å². The molecule has 4 unspecified atom stereocenters. The molecule has 1 heterocycles. The highest BCUT2D eigenvalue weighted by Gasteiger charge is 2.48. The molecule has 0 spiro atoms. The van der Waals surface area contributed by atoms with E-state index >= 15 is 0 Å². The summed E-state index contributed by atoms with van der Waals surface area (Å²) in [6, 6.07) is 0. The minimum Gasteiger partial charge on any atom is -0.469 e. The average molecular weight is 678 g/mol. The summed E-state index contributed by atoms with van der Waals surface area (Å²) in [5.74, 6) is -2.87. The summed E-state index contributed by atoms with van der Waals surface area (Å²) in [5, 5.41) is 11.2. The van der Waals surface area contributed by atoms with Crippen LogP contribution in [0.2, 0.25) is 0 Å². The van der Waals surface area contributed by atoms with Gasteiger partial charge >= 0.3 is 17.9 Å². The lowest BCUT2D eigenvalue weighted by Crippen LogP contribution is -2.47. The Morgan fingerprint density at radius 1 is 0.978 bits per heavy atom. The minimum atomic E-state index is -3.88. The van der Waals surface area contributed by atoms with Gasteiger partial charge in [0.2, 0.25) is 5.91 Å². The van der Waals surface area contributed by atoms with Crippen molar-refractivity contribution in [2.75, 3.05) is 40.3 Å². The predicted molar refractivity (Wildman–Crippen MR) is 167 cm³/mol. The van der Waals surface area contributed by atoms with E-state index in [-0.39, 0.29) is 58.0 Å². The number of esters is 3. The summed E-state index contributed by atoms with van der Waals surface area (Å²) in [4.78, 5) is 53.2. The van der Waals surface area contributed by atoms with Crippen molar-refractivity contribution in [3.8, 4) is 0 Å². The summed E-state index contributed by atoms with van der Waals surface area (Å²) in [7, 11) is -2.66. The van der Waals surface area contributed by atoms with Gasteiger partial charge in [-0.3, -0.25) is 19.2 Å². The van der Waals surface area contributed by atoms with Crippen LogP contribution >= 0.6 is 0 Å². The molecule has 1 aliphatic carbocycles. The topological polar surface area (TPSA) is 184 Å². The normalized spacial score (nSPS) is 23.3. The molecule has 2 aliphatic rings. The van der Waals surface area contributed by atoms with E-state index in [0.717, 1.165) is 12.8 Å². The molecule has 2 rings (SSSR count). The highest BCUT2D eigenvalue weighted by molar-refractivity contribution is 7.87. The van der Waals surface area contributed by atoms with Crippen LogP contribution in [0, 0.1) is 28.1 Å². The third-order valence-electron chi connectivity index (χ3n) is 9.31. The average Bonchev–Trinajstić information content (AvgIpc) is 3.83. The predicted octanol–water partition coefficient (Wildman–Crippen LogP) is 3.26. The first-order valence-electron chi connectivity index (χ1n) is 16.2. The van der Waals surface area contributed by atoms with Gasteiger partial charge in [0.1, 0.15) is 19.4 Å². The summed E-state index contributed by atoms with van der Waals surface area (Å²) in [6.07, 6.45) is 2.72. The van der Waals surface area contributed by atoms with Crippen LogP contribution in [-0.2, 0) is 52.4 Å². The van der Waals surface area contributed by atoms with Crippen LogP contribution in [0.15, 0.2) is 0 Å². The number of nitrogens with one attached hydrogen (secondary N) is 1. The SMILES string of the molecule is CCC(C)(CC(C)(CC(CC(C)(C)C(=O)OCC1CO1)C(=O)OC)C(=O)OCCCO)C(=O)NCOS(=O)(=O)C1CCC(C)CC1. The van der Waals surface area contributed by atoms with Crippen LogP contribution in [0.25, 0.3) is 0 Å². The molecule has 4 atom stereocenters.